The maximum absolute atomic E-state index is 14.3. The molecule has 0 bridgehead atoms. The fourth-order valence-electron chi connectivity index (χ4n) is 5.36. The Kier molecular flexibility index (Phi) is 9.13. The summed E-state index contributed by atoms with van der Waals surface area (Å²) in [5.74, 6) is 0.254. The molecule has 4 aromatic rings. The maximum Gasteiger partial charge on any atom is 0.418 e. The van der Waals surface area contributed by atoms with Crippen LogP contribution in [-0.2, 0) is 12.4 Å². The summed E-state index contributed by atoms with van der Waals surface area (Å²) in [5, 5.41) is 11.0. The van der Waals surface area contributed by atoms with E-state index in [1.165, 1.54) is 12.3 Å². The van der Waals surface area contributed by atoms with Crippen molar-refractivity contribution in [3.8, 4) is 11.4 Å². The molecule has 44 heavy (non-hydrogen) atoms. The average Bonchev–Trinajstić information content (AvgIpc) is 3.00. The van der Waals surface area contributed by atoms with Gasteiger partial charge in [0.25, 0.3) is 0 Å². The summed E-state index contributed by atoms with van der Waals surface area (Å²) >= 11 is 0. The van der Waals surface area contributed by atoms with Crippen LogP contribution in [0.4, 0.5) is 43.7 Å². The predicted molar refractivity (Wildman–Crippen MR) is 153 cm³/mol. The van der Waals surface area contributed by atoms with Gasteiger partial charge in [0.05, 0.1) is 23.0 Å². The Morgan fingerprint density at radius 1 is 0.886 bits per heavy atom. The number of hydrogen-bond acceptors (Lipinski definition) is 9. The number of rotatable bonds is 9. The zero-order valence-corrected chi connectivity index (χ0v) is 24.1. The fraction of sp³-hybridized carbons (Fsp3) is 0.448. The van der Waals surface area contributed by atoms with Crippen LogP contribution in [0.15, 0.2) is 42.9 Å². The molecule has 5 rings (SSSR count). The summed E-state index contributed by atoms with van der Waals surface area (Å²) in [6.45, 7) is 7.42. The maximum atomic E-state index is 14.3. The summed E-state index contributed by atoms with van der Waals surface area (Å²) in [6, 6.07) is 4.91. The molecule has 1 aliphatic rings. The van der Waals surface area contributed by atoms with Gasteiger partial charge < -0.3 is 15.1 Å². The summed E-state index contributed by atoms with van der Waals surface area (Å²) in [4.78, 5) is 20.7. The van der Waals surface area contributed by atoms with Gasteiger partial charge >= 0.3 is 12.4 Å². The Bertz CT molecular complexity index is 1560. The molecule has 0 spiro atoms. The van der Waals surface area contributed by atoms with E-state index in [1.807, 2.05) is 4.90 Å². The van der Waals surface area contributed by atoms with Gasteiger partial charge in [0.2, 0.25) is 0 Å². The molecule has 1 fully saturated rings. The average molecular weight is 620 g/mol. The van der Waals surface area contributed by atoms with Crippen molar-refractivity contribution in [2.45, 2.75) is 57.9 Å². The van der Waals surface area contributed by atoms with Crippen molar-refractivity contribution in [3.05, 3.63) is 54.0 Å². The zero-order valence-electron chi connectivity index (χ0n) is 24.1. The van der Waals surface area contributed by atoms with Crippen molar-refractivity contribution >= 4 is 28.5 Å². The Balaban J connectivity index is 1.39. The highest BCUT2D eigenvalue weighted by Gasteiger charge is 2.37. The third kappa shape index (κ3) is 6.98. The smallest absolute Gasteiger partial charge is 0.355 e. The molecule has 15 heteroatoms. The van der Waals surface area contributed by atoms with Gasteiger partial charge in [-0.05, 0) is 63.0 Å². The van der Waals surface area contributed by atoms with Gasteiger partial charge in [-0.25, -0.2) is 19.9 Å². The van der Waals surface area contributed by atoms with E-state index in [-0.39, 0.29) is 28.5 Å². The molecular formula is C29H31F6N9. The van der Waals surface area contributed by atoms with Gasteiger partial charge in [-0.3, -0.25) is 0 Å². The molecule has 0 amide bonds. The van der Waals surface area contributed by atoms with Gasteiger partial charge in [-0.15, -0.1) is 10.2 Å². The Hall–Kier alpha value is -4.14. The third-order valence-electron chi connectivity index (χ3n) is 7.46. The minimum Gasteiger partial charge on any atom is -0.355 e. The molecule has 0 aromatic carbocycles. The first kappa shape index (κ1) is 31.3. The molecule has 5 heterocycles. The first-order valence-electron chi connectivity index (χ1n) is 14.3. The summed E-state index contributed by atoms with van der Waals surface area (Å²) in [5.41, 5.74) is -2.06. The molecule has 0 unspecified atom stereocenters. The van der Waals surface area contributed by atoms with Gasteiger partial charge in [0, 0.05) is 31.5 Å². The highest BCUT2D eigenvalue weighted by molar-refractivity contribution is 5.87. The zero-order chi connectivity index (χ0) is 31.5. The van der Waals surface area contributed by atoms with Crippen molar-refractivity contribution in [2.24, 2.45) is 0 Å². The van der Waals surface area contributed by atoms with Crippen LogP contribution in [0.2, 0.25) is 0 Å². The summed E-state index contributed by atoms with van der Waals surface area (Å²) in [6.07, 6.45) is -2.36. The Morgan fingerprint density at radius 3 is 2.23 bits per heavy atom. The quantitative estimate of drug-likeness (QED) is 0.204. The first-order valence-corrected chi connectivity index (χ1v) is 14.3. The number of nitrogens with one attached hydrogen (secondary N) is 1. The van der Waals surface area contributed by atoms with Gasteiger partial charge in [-0.1, -0.05) is 13.8 Å². The fourth-order valence-corrected chi connectivity index (χ4v) is 5.36. The molecule has 0 aliphatic carbocycles. The minimum absolute atomic E-state index is 0.00389. The lowest BCUT2D eigenvalue weighted by atomic mass is 10.0. The van der Waals surface area contributed by atoms with Crippen LogP contribution in [0.1, 0.15) is 50.7 Å². The molecule has 1 aliphatic heterocycles. The molecule has 0 saturated carbocycles. The number of halogens is 6. The molecule has 4 aromatic heterocycles. The van der Waals surface area contributed by atoms with E-state index in [4.69, 9.17) is 0 Å². The molecule has 1 N–H and O–H groups in total. The Morgan fingerprint density at radius 2 is 1.61 bits per heavy atom. The van der Waals surface area contributed by atoms with Crippen LogP contribution in [0.5, 0.6) is 0 Å². The van der Waals surface area contributed by atoms with E-state index >= 15 is 0 Å². The van der Waals surface area contributed by atoms with Crippen LogP contribution in [0.3, 0.4) is 0 Å². The van der Waals surface area contributed by atoms with Crippen molar-refractivity contribution in [1.82, 2.24) is 35.0 Å². The lowest BCUT2D eigenvalue weighted by Gasteiger charge is -2.39. The monoisotopic (exact) mass is 619 g/mol. The van der Waals surface area contributed by atoms with Gasteiger partial charge in [0.15, 0.2) is 11.5 Å². The lowest BCUT2D eigenvalue weighted by Crippen LogP contribution is -2.45. The third-order valence-corrected chi connectivity index (χ3v) is 7.46. The van der Waals surface area contributed by atoms with Crippen molar-refractivity contribution in [3.63, 3.8) is 0 Å². The Labute approximate surface area is 249 Å². The van der Waals surface area contributed by atoms with E-state index in [9.17, 15) is 26.3 Å². The van der Waals surface area contributed by atoms with Crippen LogP contribution >= 0.6 is 0 Å². The van der Waals surface area contributed by atoms with E-state index in [1.54, 1.807) is 0 Å². The largest absolute Gasteiger partial charge is 0.418 e. The molecule has 0 atom stereocenters. The topological polar surface area (TPSA) is 95.8 Å². The molecule has 234 valence electrons. The number of hydrogen-bond donors (Lipinski definition) is 1. The second-order valence-corrected chi connectivity index (χ2v) is 10.6. The highest BCUT2D eigenvalue weighted by atomic mass is 19.4. The SMILES string of the molecule is CCCN(CCC)C1CCN(c2cc(C(F)(F)F)c(-c3cnc4c(Nc5ccc(C(F)(F)F)cn5)ccnc4n3)nn2)CC1. The van der Waals surface area contributed by atoms with Crippen LogP contribution in [0, 0.1) is 0 Å². The molecule has 0 radical (unpaired) electrons. The number of alkyl halides is 6. The van der Waals surface area contributed by atoms with E-state index < -0.39 is 29.2 Å². The number of piperidine rings is 1. The summed E-state index contributed by atoms with van der Waals surface area (Å²) < 4.78 is 81.5. The number of fused-ring (bicyclic) bond motifs is 1. The van der Waals surface area contributed by atoms with Gasteiger partial charge in [0.1, 0.15) is 22.7 Å². The molecular weight excluding hydrogens is 588 g/mol. The first-order chi connectivity index (χ1) is 21.0. The number of aromatic nitrogens is 6. The standard InChI is InChI=1S/C29H31F6N9/c1-3-11-43(12-4-2)19-8-13-44(14-9-19)24-15-20(29(33,34)35)25(42-41-24)22-17-38-26-21(7-10-36-27(26)40-22)39-23-6-5-18(16-37-23)28(30,31)32/h5-7,10,15-17,19H,3-4,8-9,11-14H2,1-2H3,(H,36,37,39,40). The highest BCUT2D eigenvalue weighted by Crippen LogP contribution is 2.38. The van der Waals surface area contributed by atoms with Crippen molar-refractivity contribution < 1.29 is 26.3 Å². The van der Waals surface area contributed by atoms with Gasteiger partial charge in [-0.2, -0.15) is 26.3 Å². The number of nitrogens with zero attached hydrogens (tertiary/aromatic N) is 8. The summed E-state index contributed by atoms with van der Waals surface area (Å²) in [7, 11) is 0. The minimum atomic E-state index is -4.74. The second kappa shape index (κ2) is 12.8. The predicted octanol–water partition coefficient (Wildman–Crippen LogP) is 6.75. The number of anilines is 3. The molecule has 1 saturated heterocycles. The molecule has 9 nitrogen and oxygen atoms in total. The van der Waals surface area contributed by atoms with E-state index in [0.29, 0.717) is 31.0 Å². The lowest BCUT2D eigenvalue weighted by molar-refractivity contribution is -0.138. The van der Waals surface area contributed by atoms with Crippen LogP contribution < -0.4 is 10.2 Å². The van der Waals surface area contributed by atoms with Crippen molar-refractivity contribution in [2.75, 3.05) is 36.4 Å². The van der Waals surface area contributed by atoms with E-state index in [0.717, 1.165) is 63.2 Å². The number of pyridine rings is 2. The van der Waals surface area contributed by atoms with Crippen LogP contribution in [0.25, 0.3) is 22.6 Å². The second-order valence-electron chi connectivity index (χ2n) is 10.6. The normalized spacial score (nSPS) is 14.9. The van der Waals surface area contributed by atoms with E-state index in [2.05, 4.69) is 54.2 Å². The van der Waals surface area contributed by atoms with Crippen molar-refractivity contribution in [1.29, 1.82) is 0 Å². The van der Waals surface area contributed by atoms with Crippen LogP contribution in [-0.4, -0.2) is 67.3 Å².